The normalized spacial score (nSPS) is 22.3. The van der Waals surface area contributed by atoms with Gasteiger partial charge in [0.1, 0.15) is 5.75 Å². The van der Waals surface area contributed by atoms with Crippen LogP contribution in [0.5, 0.6) is 5.75 Å². The van der Waals surface area contributed by atoms with Gasteiger partial charge in [-0.1, -0.05) is 12.1 Å². The van der Waals surface area contributed by atoms with Crippen LogP contribution in [-0.2, 0) is 17.8 Å². The van der Waals surface area contributed by atoms with Crippen LogP contribution in [-0.4, -0.2) is 46.7 Å². The molecule has 1 aromatic carbocycles. The summed E-state index contributed by atoms with van der Waals surface area (Å²) >= 11 is 1.85. The lowest BCUT2D eigenvalue weighted by Gasteiger charge is -2.34. The van der Waals surface area contributed by atoms with Gasteiger partial charge in [0.25, 0.3) is 0 Å². The Morgan fingerprint density at radius 3 is 3.25 bits per heavy atom. The molecule has 108 valence electrons. The number of rotatable bonds is 4. The Hall–Kier alpha value is -1.20. The molecule has 1 saturated heterocycles. The Balaban J connectivity index is 1.70. The SMILES string of the molecule is O=C(O)CC1CSCCN1Cc1ccc2c(c1)CCO2. The van der Waals surface area contributed by atoms with Gasteiger partial charge < -0.3 is 9.84 Å². The van der Waals surface area contributed by atoms with Crippen LogP contribution in [0, 0.1) is 0 Å². The van der Waals surface area contributed by atoms with Crippen LogP contribution in [0.3, 0.4) is 0 Å². The number of carbonyl (C=O) groups is 1. The summed E-state index contributed by atoms with van der Waals surface area (Å²) in [5.74, 6) is 2.31. The lowest BCUT2D eigenvalue weighted by molar-refractivity contribution is -0.138. The quantitative estimate of drug-likeness (QED) is 0.920. The fourth-order valence-corrected chi connectivity index (χ4v) is 3.99. The minimum absolute atomic E-state index is 0.149. The van der Waals surface area contributed by atoms with E-state index in [-0.39, 0.29) is 12.5 Å². The molecule has 0 radical (unpaired) electrons. The first-order valence-corrected chi connectivity index (χ1v) is 8.16. The Labute approximate surface area is 123 Å². The number of nitrogens with zero attached hydrogens (tertiary/aromatic N) is 1. The molecule has 0 amide bonds. The Morgan fingerprint density at radius 1 is 1.50 bits per heavy atom. The van der Waals surface area contributed by atoms with Gasteiger partial charge in [-0.25, -0.2) is 0 Å². The summed E-state index contributed by atoms with van der Waals surface area (Å²) in [7, 11) is 0. The van der Waals surface area contributed by atoms with Gasteiger partial charge >= 0.3 is 5.97 Å². The van der Waals surface area contributed by atoms with Crippen molar-refractivity contribution in [2.24, 2.45) is 0 Å². The molecule has 2 aliphatic heterocycles. The lowest BCUT2D eigenvalue weighted by Crippen LogP contribution is -2.42. The van der Waals surface area contributed by atoms with Crippen LogP contribution in [0.25, 0.3) is 0 Å². The van der Waals surface area contributed by atoms with Crippen LogP contribution in [0.15, 0.2) is 18.2 Å². The molecule has 0 aliphatic carbocycles. The molecule has 0 bridgehead atoms. The second-order valence-electron chi connectivity index (χ2n) is 5.34. The van der Waals surface area contributed by atoms with Gasteiger partial charge in [0.15, 0.2) is 0 Å². The molecule has 0 spiro atoms. The average molecular weight is 293 g/mol. The highest BCUT2D eigenvalue weighted by molar-refractivity contribution is 7.99. The summed E-state index contributed by atoms with van der Waals surface area (Å²) in [5.41, 5.74) is 2.54. The van der Waals surface area contributed by atoms with E-state index in [0.29, 0.717) is 0 Å². The lowest BCUT2D eigenvalue weighted by atomic mass is 10.1. The van der Waals surface area contributed by atoms with E-state index in [1.54, 1.807) is 0 Å². The van der Waals surface area contributed by atoms with Gasteiger partial charge in [0, 0.05) is 37.1 Å². The molecule has 20 heavy (non-hydrogen) atoms. The molecule has 1 N–H and O–H groups in total. The van der Waals surface area contributed by atoms with Crippen LogP contribution < -0.4 is 4.74 Å². The number of hydrogen-bond acceptors (Lipinski definition) is 4. The van der Waals surface area contributed by atoms with E-state index in [4.69, 9.17) is 9.84 Å². The predicted octanol–water partition coefficient (Wildman–Crippen LogP) is 2.01. The van der Waals surface area contributed by atoms with E-state index in [2.05, 4.69) is 17.0 Å². The maximum atomic E-state index is 11.0. The minimum Gasteiger partial charge on any atom is -0.493 e. The number of ether oxygens (including phenoxy) is 1. The monoisotopic (exact) mass is 293 g/mol. The molecule has 2 aliphatic rings. The van der Waals surface area contributed by atoms with Crippen molar-refractivity contribution in [3.8, 4) is 5.75 Å². The zero-order chi connectivity index (χ0) is 13.9. The fourth-order valence-electron chi connectivity index (χ4n) is 2.86. The zero-order valence-corrected chi connectivity index (χ0v) is 12.2. The van der Waals surface area contributed by atoms with Crippen molar-refractivity contribution in [3.05, 3.63) is 29.3 Å². The van der Waals surface area contributed by atoms with Crippen LogP contribution >= 0.6 is 11.8 Å². The van der Waals surface area contributed by atoms with Crippen molar-refractivity contribution in [2.45, 2.75) is 25.4 Å². The number of aliphatic carboxylic acids is 1. The second kappa shape index (κ2) is 6.06. The maximum Gasteiger partial charge on any atom is 0.304 e. The molecular formula is C15H19NO3S. The molecule has 2 heterocycles. The number of benzene rings is 1. The van der Waals surface area contributed by atoms with Crippen LogP contribution in [0.4, 0.5) is 0 Å². The van der Waals surface area contributed by atoms with Crippen molar-refractivity contribution >= 4 is 17.7 Å². The molecule has 3 rings (SSSR count). The first-order valence-electron chi connectivity index (χ1n) is 7.00. The van der Waals surface area contributed by atoms with Crippen molar-refractivity contribution in [2.75, 3.05) is 24.7 Å². The van der Waals surface area contributed by atoms with Gasteiger partial charge in [-0.05, 0) is 17.2 Å². The third kappa shape index (κ3) is 3.10. The predicted molar refractivity (Wildman–Crippen MR) is 79.4 cm³/mol. The average Bonchev–Trinajstić information content (AvgIpc) is 2.88. The summed E-state index contributed by atoms with van der Waals surface area (Å²) in [6.45, 7) is 2.59. The summed E-state index contributed by atoms with van der Waals surface area (Å²) < 4.78 is 5.52. The highest BCUT2D eigenvalue weighted by atomic mass is 32.2. The first kappa shape index (κ1) is 13.8. The van der Waals surface area contributed by atoms with Crippen molar-refractivity contribution < 1.29 is 14.6 Å². The van der Waals surface area contributed by atoms with Crippen LogP contribution in [0.2, 0.25) is 0 Å². The van der Waals surface area contributed by atoms with E-state index in [1.807, 2.05) is 17.8 Å². The Morgan fingerprint density at radius 2 is 2.40 bits per heavy atom. The summed E-state index contributed by atoms with van der Waals surface area (Å²) in [4.78, 5) is 13.3. The molecule has 5 heteroatoms. The van der Waals surface area contributed by atoms with E-state index < -0.39 is 5.97 Å². The first-order chi connectivity index (χ1) is 9.72. The molecule has 1 unspecified atom stereocenters. The number of thioether (sulfide) groups is 1. The van der Waals surface area contributed by atoms with Crippen molar-refractivity contribution in [3.63, 3.8) is 0 Å². The number of fused-ring (bicyclic) bond motifs is 1. The number of carboxylic acid groups (broad SMARTS) is 1. The zero-order valence-electron chi connectivity index (χ0n) is 11.4. The van der Waals surface area contributed by atoms with Gasteiger partial charge in [0.05, 0.1) is 13.0 Å². The molecule has 0 aromatic heterocycles. The molecular weight excluding hydrogens is 274 g/mol. The van der Waals surface area contributed by atoms with Gasteiger partial charge in [-0.2, -0.15) is 11.8 Å². The van der Waals surface area contributed by atoms with Crippen molar-refractivity contribution in [1.29, 1.82) is 0 Å². The minimum atomic E-state index is -0.704. The van der Waals surface area contributed by atoms with Crippen molar-refractivity contribution in [1.82, 2.24) is 4.90 Å². The molecule has 1 fully saturated rings. The molecule has 4 nitrogen and oxygen atoms in total. The van der Waals surface area contributed by atoms with E-state index in [9.17, 15) is 4.79 Å². The molecule has 1 aromatic rings. The third-order valence-electron chi connectivity index (χ3n) is 3.90. The summed E-state index contributed by atoms with van der Waals surface area (Å²) in [6, 6.07) is 6.50. The smallest absolute Gasteiger partial charge is 0.304 e. The third-order valence-corrected chi connectivity index (χ3v) is 4.99. The highest BCUT2D eigenvalue weighted by Gasteiger charge is 2.25. The molecule has 0 saturated carbocycles. The Bertz CT molecular complexity index is 506. The maximum absolute atomic E-state index is 11.0. The van der Waals surface area contributed by atoms with E-state index in [0.717, 1.165) is 43.4 Å². The van der Waals surface area contributed by atoms with E-state index >= 15 is 0 Å². The largest absolute Gasteiger partial charge is 0.493 e. The number of carboxylic acids is 1. The van der Waals surface area contributed by atoms with Gasteiger partial charge in [-0.3, -0.25) is 9.69 Å². The fraction of sp³-hybridized carbons (Fsp3) is 0.533. The molecule has 1 atom stereocenters. The highest BCUT2D eigenvalue weighted by Crippen LogP contribution is 2.27. The Kier molecular flexibility index (Phi) is 4.17. The second-order valence-corrected chi connectivity index (χ2v) is 6.49. The topological polar surface area (TPSA) is 49.8 Å². The van der Waals surface area contributed by atoms with Gasteiger partial charge in [-0.15, -0.1) is 0 Å². The number of hydrogen-bond donors (Lipinski definition) is 1. The summed E-state index contributed by atoms with van der Waals surface area (Å²) in [6.07, 6.45) is 1.22. The standard InChI is InChI=1S/C15H19NO3S/c17-15(18)8-13-10-20-6-4-16(13)9-11-1-2-14-12(7-11)3-5-19-14/h1-2,7,13H,3-6,8-10H2,(H,17,18). The van der Waals surface area contributed by atoms with Crippen LogP contribution in [0.1, 0.15) is 17.5 Å². The van der Waals surface area contributed by atoms with E-state index in [1.165, 1.54) is 11.1 Å². The summed E-state index contributed by atoms with van der Waals surface area (Å²) in [5, 5.41) is 9.02. The van der Waals surface area contributed by atoms with Gasteiger partial charge in [0.2, 0.25) is 0 Å².